The van der Waals surface area contributed by atoms with Gasteiger partial charge in [-0.2, -0.15) is 11.8 Å². The highest BCUT2D eigenvalue weighted by Crippen LogP contribution is 2.31. The van der Waals surface area contributed by atoms with Crippen LogP contribution >= 0.6 is 23.1 Å². The lowest BCUT2D eigenvalue weighted by Gasteiger charge is -2.19. The molecule has 2 aliphatic heterocycles. The smallest absolute Gasteiger partial charge is 0.267 e. The first-order valence-electron chi connectivity index (χ1n) is 7.14. The van der Waals surface area contributed by atoms with E-state index in [1.807, 2.05) is 16.7 Å². The summed E-state index contributed by atoms with van der Waals surface area (Å²) >= 11 is 3.37. The van der Waals surface area contributed by atoms with Crippen LogP contribution < -0.4 is 10.6 Å². The van der Waals surface area contributed by atoms with Crippen LogP contribution in [0.25, 0.3) is 0 Å². The van der Waals surface area contributed by atoms with Crippen molar-refractivity contribution in [3.63, 3.8) is 0 Å². The molecular weight excluding hydrogens is 292 g/mol. The molecule has 0 aliphatic carbocycles. The van der Waals surface area contributed by atoms with Crippen molar-refractivity contribution in [1.29, 1.82) is 0 Å². The summed E-state index contributed by atoms with van der Waals surface area (Å²) in [5.41, 5.74) is 5.98. The van der Waals surface area contributed by atoms with Crippen LogP contribution in [0.3, 0.4) is 0 Å². The van der Waals surface area contributed by atoms with Crippen molar-refractivity contribution in [1.82, 2.24) is 9.88 Å². The van der Waals surface area contributed by atoms with E-state index in [2.05, 4.69) is 9.88 Å². The minimum Gasteiger partial charge on any atom is -0.382 e. The number of aromatic nitrogens is 1. The number of carbonyl (C=O) groups is 1. The van der Waals surface area contributed by atoms with Gasteiger partial charge in [0.25, 0.3) is 5.91 Å². The zero-order valence-corrected chi connectivity index (χ0v) is 13.1. The first-order valence-corrected chi connectivity index (χ1v) is 9.11. The topological polar surface area (TPSA) is 62.5 Å². The highest BCUT2D eigenvalue weighted by molar-refractivity contribution is 7.99. The van der Waals surface area contributed by atoms with E-state index >= 15 is 0 Å². The molecule has 0 aromatic carbocycles. The molecular formula is C13H20N4OS2. The largest absolute Gasteiger partial charge is 0.382 e. The van der Waals surface area contributed by atoms with Crippen molar-refractivity contribution in [2.24, 2.45) is 0 Å². The number of rotatable bonds is 2. The zero-order chi connectivity index (χ0) is 13.9. The standard InChI is InChI=1S/C13H20N4OS2/c14-11-10(12(18)16-6-3-8-19-9-7-16)20-13(15-11)17-4-1-2-5-17/h1-9,14H2. The molecule has 0 bridgehead atoms. The summed E-state index contributed by atoms with van der Waals surface area (Å²) in [6.07, 6.45) is 3.46. The number of nitrogens with zero attached hydrogens (tertiary/aromatic N) is 3. The van der Waals surface area contributed by atoms with E-state index in [0.717, 1.165) is 49.2 Å². The molecule has 110 valence electrons. The van der Waals surface area contributed by atoms with Crippen molar-refractivity contribution in [3.8, 4) is 0 Å². The second kappa shape index (κ2) is 6.22. The van der Waals surface area contributed by atoms with Gasteiger partial charge in [0.1, 0.15) is 10.7 Å². The lowest BCUT2D eigenvalue weighted by molar-refractivity contribution is 0.0774. The van der Waals surface area contributed by atoms with Gasteiger partial charge in [-0.15, -0.1) is 0 Å². The third kappa shape index (κ3) is 2.88. The van der Waals surface area contributed by atoms with Gasteiger partial charge in [-0.05, 0) is 25.0 Å². The molecule has 5 nitrogen and oxygen atoms in total. The number of nitrogen functional groups attached to an aromatic ring is 1. The van der Waals surface area contributed by atoms with Crippen molar-refractivity contribution in [2.75, 3.05) is 48.3 Å². The van der Waals surface area contributed by atoms with Crippen LogP contribution in [0.5, 0.6) is 0 Å². The molecule has 0 atom stereocenters. The van der Waals surface area contributed by atoms with Gasteiger partial charge in [0, 0.05) is 31.9 Å². The van der Waals surface area contributed by atoms with Crippen molar-refractivity contribution >= 4 is 40.0 Å². The van der Waals surface area contributed by atoms with Gasteiger partial charge in [0.2, 0.25) is 0 Å². The lowest BCUT2D eigenvalue weighted by Crippen LogP contribution is -2.32. The SMILES string of the molecule is Nc1nc(N2CCCC2)sc1C(=O)N1CCCSCC1. The van der Waals surface area contributed by atoms with Crippen molar-refractivity contribution < 1.29 is 4.79 Å². The van der Waals surface area contributed by atoms with Gasteiger partial charge < -0.3 is 15.5 Å². The Kier molecular flexibility index (Phi) is 4.35. The van der Waals surface area contributed by atoms with Crippen LogP contribution in [0, 0.1) is 0 Å². The molecule has 0 spiro atoms. The highest BCUT2D eigenvalue weighted by atomic mass is 32.2. The molecule has 2 N–H and O–H groups in total. The lowest BCUT2D eigenvalue weighted by atomic mass is 10.3. The average molecular weight is 312 g/mol. The minimum absolute atomic E-state index is 0.0629. The average Bonchev–Trinajstić information content (AvgIpc) is 3.01. The zero-order valence-electron chi connectivity index (χ0n) is 11.5. The van der Waals surface area contributed by atoms with E-state index in [1.54, 1.807) is 0 Å². The Bertz CT molecular complexity index is 477. The van der Waals surface area contributed by atoms with E-state index < -0.39 is 0 Å². The molecule has 3 heterocycles. The van der Waals surface area contributed by atoms with Crippen LogP contribution in [0.4, 0.5) is 10.9 Å². The molecule has 0 unspecified atom stereocenters. The molecule has 2 saturated heterocycles. The third-order valence-electron chi connectivity index (χ3n) is 3.72. The van der Waals surface area contributed by atoms with Gasteiger partial charge in [-0.3, -0.25) is 4.79 Å². The number of thiazole rings is 1. The quantitative estimate of drug-likeness (QED) is 0.904. The van der Waals surface area contributed by atoms with Gasteiger partial charge in [0.05, 0.1) is 0 Å². The Morgan fingerprint density at radius 1 is 1.10 bits per heavy atom. The summed E-state index contributed by atoms with van der Waals surface area (Å²) in [5.74, 6) is 2.62. The number of amides is 1. The Morgan fingerprint density at radius 2 is 1.90 bits per heavy atom. The number of thioether (sulfide) groups is 1. The molecule has 20 heavy (non-hydrogen) atoms. The molecule has 1 aromatic heterocycles. The number of carbonyl (C=O) groups excluding carboxylic acids is 1. The second-order valence-electron chi connectivity index (χ2n) is 5.16. The molecule has 0 saturated carbocycles. The summed E-state index contributed by atoms with van der Waals surface area (Å²) in [6, 6.07) is 0. The third-order valence-corrected chi connectivity index (χ3v) is 5.89. The fraction of sp³-hybridized carbons (Fsp3) is 0.692. The van der Waals surface area contributed by atoms with Crippen molar-refractivity contribution in [2.45, 2.75) is 19.3 Å². The summed E-state index contributed by atoms with van der Waals surface area (Å²) in [7, 11) is 0. The number of hydrogen-bond donors (Lipinski definition) is 1. The maximum absolute atomic E-state index is 12.6. The van der Waals surface area contributed by atoms with Gasteiger partial charge >= 0.3 is 0 Å². The maximum Gasteiger partial charge on any atom is 0.267 e. The molecule has 1 aromatic rings. The van der Waals surface area contributed by atoms with Crippen LogP contribution in [0.2, 0.25) is 0 Å². The number of hydrogen-bond acceptors (Lipinski definition) is 6. The molecule has 7 heteroatoms. The molecule has 2 aliphatic rings. The summed E-state index contributed by atoms with van der Waals surface area (Å²) < 4.78 is 0. The van der Waals surface area contributed by atoms with E-state index in [9.17, 15) is 4.79 Å². The van der Waals surface area contributed by atoms with Crippen LogP contribution in [-0.4, -0.2) is 53.5 Å². The van der Waals surface area contributed by atoms with E-state index in [4.69, 9.17) is 5.73 Å². The van der Waals surface area contributed by atoms with E-state index in [0.29, 0.717) is 10.7 Å². The molecule has 0 radical (unpaired) electrons. The monoisotopic (exact) mass is 312 g/mol. The van der Waals surface area contributed by atoms with Crippen molar-refractivity contribution in [3.05, 3.63) is 4.88 Å². The van der Waals surface area contributed by atoms with E-state index in [1.165, 1.54) is 24.2 Å². The summed E-state index contributed by atoms with van der Waals surface area (Å²) in [4.78, 5) is 21.8. The van der Waals surface area contributed by atoms with Crippen LogP contribution in [-0.2, 0) is 0 Å². The van der Waals surface area contributed by atoms with Gasteiger partial charge in [0.15, 0.2) is 5.13 Å². The Hall–Kier alpha value is -0.950. The summed E-state index contributed by atoms with van der Waals surface area (Å²) in [5, 5.41) is 0.910. The normalized spacial score (nSPS) is 20.2. The fourth-order valence-electron chi connectivity index (χ4n) is 2.61. The summed E-state index contributed by atoms with van der Waals surface area (Å²) in [6.45, 7) is 3.71. The second-order valence-corrected chi connectivity index (χ2v) is 7.37. The number of anilines is 2. The minimum atomic E-state index is 0.0629. The first kappa shape index (κ1) is 14.0. The molecule has 1 amide bonds. The highest BCUT2D eigenvalue weighted by Gasteiger charge is 2.25. The van der Waals surface area contributed by atoms with Gasteiger partial charge in [-0.1, -0.05) is 11.3 Å². The van der Waals surface area contributed by atoms with Crippen LogP contribution in [0.1, 0.15) is 28.9 Å². The van der Waals surface area contributed by atoms with Gasteiger partial charge in [-0.25, -0.2) is 4.98 Å². The Balaban J connectivity index is 1.76. The first-order chi connectivity index (χ1) is 9.75. The predicted octanol–water partition coefficient (Wildman–Crippen LogP) is 1.90. The number of nitrogens with two attached hydrogens (primary N) is 1. The fourth-order valence-corrected chi connectivity index (χ4v) is 4.50. The Labute approximate surface area is 127 Å². The van der Waals surface area contributed by atoms with E-state index in [-0.39, 0.29) is 5.91 Å². The Morgan fingerprint density at radius 3 is 2.70 bits per heavy atom. The maximum atomic E-state index is 12.6. The predicted molar refractivity (Wildman–Crippen MR) is 85.8 cm³/mol. The van der Waals surface area contributed by atoms with Crippen LogP contribution in [0.15, 0.2) is 0 Å². The molecule has 2 fully saturated rings. The molecule has 3 rings (SSSR count).